The van der Waals surface area contributed by atoms with E-state index >= 15 is 0 Å². The van der Waals surface area contributed by atoms with Crippen LogP contribution in [0.5, 0.6) is 0 Å². The van der Waals surface area contributed by atoms with Crippen LogP contribution in [-0.2, 0) is 15.9 Å². The Bertz CT molecular complexity index is 927. The molecule has 6 N–H and O–H groups in total. The summed E-state index contributed by atoms with van der Waals surface area (Å²) in [6.45, 7) is -0.719. The van der Waals surface area contributed by atoms with E-state index in [-0.39, 0.29) is 12.0 Å². The van der Waals surface area contributed by atoms with E-state index in [1.54, 1.807) is 0 Å². The first-order chi connectivity index (χ1) is 13.6. The molecule has 150 valence electrons. The van der Waals surface area contributed by atoms with Crippen molar-refractivity contribution in [2.75, 3.05) is 19.8 Å². The second-order valence-corrected chi connectivity index (χ2v) is 7.78. The summed E-state index contributed by atoms with van der Waals surface area (Å²) >= 11 is 0. The molecule has 0 spiro atoms. The largest absolute Gasteiger partial charge is 0.460 e. The maximum Gasteiger partial charge on any atom is 0.262 e. The molecule has 1 aromatic carbocycles. The first-order valence-corrected chi connectivity index (χ1v) is 9.54. The average Bonchev–Trinajstić information content (AvgIpc) is 3.24. The highest BCUT2D eigenvalue weighted by Crippen LogP contribution is 2.41. The summed E-state index contributed by atoms with van der Waals surface area (Å²) in [5.74, 6) is -1.20. The zero-order valence-electron chi connectivity index (χ0n) is 15.2. The second-order valence-electron chi connectivity index (χ2n) is 7.78. The molecule has 2 aromatic rings. The molecule has 1 aromatic heterocycles. The molecule has 1 aliphatic carbocycles. The molecule has 0 amide bonds. The SMILES string of the molecule is OCC1OC(CO)(OC2=C[C@@H]3c4cccc5[nH]cc(c45)C[C@H]3NC2)C(O)C1O. The van der Waals surface area contributed by atoms with Gasteiger partial charge in [-0.15, -0.1) is 0 Å². The normalized spacial score (nSPS) is 37.0. The van der Waals surface area contributed by atoms with Crippen molar-refractivity contribution >= 4 is 10.9 Å². The fraction of sp³-hybridized carbons (Fsp3) is 0.500. The van der Waals surface area contributed by atoms with E-state index in [9.17, 15) is 20.4 Å². The smallest absolute Gasteiger partial charge is 0.262 e. The summed E-state index contributed by atoms with van der Waals surface area (Å²) in [4.78, 5) is 3.32. The van der Waals surface area contributed by atoms with Crippen LogP contribution in [0.3, 0.4) is 0 Å². The van der Waals surface area contributed by atoms with Gasteiger partial charge in [0.1, 0.15) is 30.7 Å². The molecular weight excluding hydrogens is 364 g/mol. The topological polar surface area (TPSA) is 127 Å². The molecule has 4 unspecified atom stereocenters. The van der Waals surface area contributed by atoms with E-state index in [0.29, 0.717) is 12.3 Å². The fourth-order valence-corrected chi connectivity index (χ4v) is 4.75. The first kappa shape index (κ1) is 18.1. The number of nitrogens with one attached hydrogen (secondary N) is 2. The highest BCUT2D eigenvalue weighted by Gasteiger charge is 2.56. The number of hydrogen-bond donors (Lipinski definition) is 6. The van der Waals surface area contributed by atoms with Crippen LogP contribution >= 0.6 is 0 Å². The van der Waals surface area contributed by atoms with Gasteiger partial charge in [-0.25, -0.2) is 0 Å². The van der Waals surface area contributed by atoms with Crippen molar-refractivity contribution in [3.8, 4) is 0 Å². The third-order valence-corrected chi connectivity index (χ3v) is 6.17. The molecule has 1 fully saturated rings. The minimum absolute atomic E-state index is 0.0728. The van der Waals surface area contributed by atoms with Crippen LogP contribution < -0.4 is 5.32 Å². The summed E-state index contributed by atoms with van der Waals surface area (Å²) in [7, 11) is 0. The third-order valence-electron chi connectivity index (χ3n) is 6.17. The van der Waals surface area contributed by atoms with Gasteiger partial charge in [-0.05, 0) is 29.7 Å². The lowest BCUT2D eigenvalue weighted by atomic mass is 9.78. The summed E-state index contributed by atoms with van der Waals surface area (Å²) in [6, 6.07) is 6.40. The van der Waals surface area contributed by atoms with E-state index in [4.69, 9.17) is 9.47 Å². The molecule has 5 rings (SSSR count). The lowest BCUT2D eigenvalue weighted by molar-refractivity contribution is -0.259. The predicted octanol–water partition coefficient (Wildman–Crippen LogP) is -0.519. The number of H-pyrrole nitrogens is 1. The molecule has 3 aliphatic rings. The number of aliphatic hydroxyl groups excluding tert-OH is 4. The van der Waals surface area contributed by atoms with Gasteiger partial charge in [-0.1, -0.05) is 12.1 Å². The highest BCUT2D eigenvalue weighted by molar-refractivity contribution is 5.88. The number of rotatable bonds is 4. The highest BCUT2D eigenvalue weighted by atomic mass is 16.7. The Morgan fingerprint density at radius 1 is 1.25 bits per heavy atom. The summed E-state index contributed by atoms with van der Waals surface area (Å²) in [5.41, 5.74) is 3.58. The number of aromatic amines is 1. The van der Waals surface area contributed by atoms with Gasteiger partial charge in [0.25, 0.3) is 5.79 Å². The lowest BCUT2D eigenvalue weighted by Gasteiger charge is -2.38. The summed E-state index contributed by atoms with van der Waals surface area (Å²) in [5, 5.41) is 44.3. The van der Waals surface area contributed by atoms with Crippen LogP contribution in [0, 0.1) is 0 Å². The van der Waals surface area contributed by atoms with Gasteiger partial charge < -0.3 is 40.2 Å². The van der Waals surface area contributed by atoms with E-state index in [2.05, 4.69) is 28.6 Å². The first-order valence-electron chi connectivity index (χ1n) is 9.54. The Kier molecular flexibility index (Phi) is 4.24. The maximum absolute atomic E-state index is 10.4. The van der Waals surface area contributed by atoms with Gasteiger partial charge >= 0.3 is 0 Å². The van der Waals surface area contributed by atoms with Gasteiger partial charge in [-0.2, -0.15) is 0 Å². The Morgan fingerprint density at radius 2 is 2.11 bits per heavy atom. The van der Waals surface area contributed by atoms with Crippen molar-refractivity contribution < 1.29 is 29.9 Å². The summed E-state index contributed by atoms with van der Waals surface area (Å²) < 4.78 is 11.4. The molecule has 0 radical (unpaired) electrons. The van der Waals surface area contributed by atoms with Gasteiger partial charge in [-0.3, -0.25) is 0 Å². The molecule has 8 nitrogen and oxygen atoms in total. The molecule has 3 heterocycles. The van der Waals surface area contributed by atoms with Crippen LogP contribution in [0.15, 0.2) is 36.2 Å². The molecule has 6 atom stereocenters. The second kappa shape index (κ2) is 6.55. The van der Waals surface area contributed by atoms with Crippen molar-refractivity contribution in [2.45, 2.75) is 42.5 Å². The molecule has 28 heavy (non-hydrogen) atoms. The molecule has 0 bridgehead atoms. The minimum atomic E-state index is -1.80. The van der Waals surface area contributed by atoms with Crippen molar-refractivity contribution in [1.82, 2.24) is 10.3 Å². The number of aliphatic hydroxyl groups is 4. The van der Waals surface area contributed by atoms with Crippen LogP contribution in [0.4, 0.5) is 0 Å². The Morgan fingerprint density at radius 3 is 2.86 bits per heavy atom. The number of hydrogen-bond acceptors (Lipinski definition) is 7. The van der Waals surface area contributed by atoms with Crippen molar-refractivity contribution in [2.24, 2.45) is 0 Å². The summed E-state index contributed by atoms with van der Waals surface area (Å²) in [6.07, 6.45) is 1.12. The van der Waals surface area contributed by atoms with Crippen LogP contribution in [0.25, 0.3) is 10.9 Å². The van der Waals surface area contributed by atoms with Gasteiger partial charge in [0.15, 0.2) is 0 Å². The Hall–Kier alpha value is -1.94. The number of fused-ring (bicyclic) bond motifs is 2. The zero-order chi connectivity index (χ0) is 19.5. The molecule has 0 saturated carbocycles. The quantitative estimate of drug-likeness (QED) is 0.416. The number of aromatic nitrogens is 1. The van der Waals surface area contributed by atoms with E-state index in [1.807, 2.05) is 12.1 Å². The maximum atomic E-state index is 10.4. The number of ether oxygens (including phenoxy) is 2. The van der Waals surface area contributed by atoms with Crippen molar-refractivity contribution in [1.29, 1.82) is 0 Å². The monoisotopic (exact) mass is 388 g/mol. The minimum Gasteiger partial charge on any atom is -0.460 e. The molecular formula is C20H24N2O6. The van der Waals surface area contributed by atoms with Crippen molar-refractivity contribution in [3.63, 3.8) is 0 Å². The molecule has 2 aliphatic heterocycles. The Balaban J connectivity index is 1.48. The van der Waals surface area contributed by atoms with E-state index in [1.165, 1.54) is 16.5 Å². The van der Waals surface area contributed by atoms with Gasteiger partial charge in [0.05, 0.1) is 13.2 Å². The number of benzene rings is 1. The van der Waals surface area contributed by atoms with Crippen LogP contribution in [0.1, 0.15) is 17.0 Å². The van der Waals surface area contributed by atoms with Crippen LogP contribution in [0.2, 0.25) is 0 Å². The van der Waals surface area contributed by atoms with Gasteiger partial charge in [0, 0.05) is 29.1 Å². The van der Waals surface area contributed by atoms with E-state index in [0.717, 1.165) is 11.9 Å². The van der Waals surface area contributed by atoms with E-state index < -0.39 is 37.3 Å². The fourth-order valence-electron chi connectivity index (χ4n) is 4.75. The van der Waals surface area contributed by atoms with Gasteiger partial charge in [0.2, 0.25) is 0 Å². The third kappa shape index (κ3) is 2.53. The predicted molar refractivity (Wildman–Crippen MR) is 99.5 cm³/mol. The zero-order valence-corrected chi connectivity index (χ0v) is 15.2. The average molecular weight is 388 g/mol. The van der Waals surface area contributed by atoms with Crippen molar-refractivity contribution in [3.05, 3.63) is 47.4 Å². The standard InChI is InChI=1S/C20H24N2O6/c23-8-16-18(25)19(26)20(9-24,28-16)27-11-5-13-12-2-1-3-14-17(12)10(6-21-14)4-15(13)22-7-11/h1-3,5-6,13,15-16,18-19,21-26H,4,7-9H2/t13-,15-,16?,18?,19?,20?/m1/s1. The molecule has 1 saturated heterocycles. The Labute approximate surface area is 161 Å². The lowest BCUT2D eigenvalue weighted by Crippen LogP contribution is -2.50. The van der Waals surface area contributed by atoms with Crippen LogP contribution in [-0.4, -0.2) is 75.3 Å². The molecule has 8 heteroatoms.